The number of benzene rings is 1. The van der Waals surface area contributed by atoms with Gasteiger partial charge in [0.1, 0.15) is 0 Å². The Bertz CT molecular complexity index is 559. The van der Waals surface area contributed by atoms with Crippen molar-refractivity contribution in [3.05, 3.63) is 34.9 Å². The summed E-state index contributed by atoms with van der Waals surface area (Å²) in [6.07, 6.45) is 5.07. The van der Waals surface area contributed by atoms with Crippen molar-refractivity contribution in [1.82, 2.24) is 10.2 Å². The van der Waals surface area contributed by atoms with Crippen LogP contribution in [0.1, 0.15) is 37.7 Å². The maximum Gasteiger partial charge on any atom is 0.221 e. The summed E-state index contributed by atoms with van der Waals surface area (Å²) in [5.41, 5.74) is 7.51. The molecule has 1 aliphatic carbocycles. The van der Waals surface area contributed by atoms with Gasteiger partial charge in [0.05, 0.1) is 0 Å². The quantitative estimate of drug-likeness (QED) is 0.858. The van der Waals surface area contributed by atoms with Crippen LogP contribution in [0.15, 0.2) is 24.3 Å². The molecule has 0 unspecified atom stereocenters. The Balaban J connectivity index is 0.00000208. The molecular formula is C18H27Cl2N3O. The summed E-state index contributed by atoms with van der Waals surface area (Å²) >= 11 is 6.18. The van der Waals surface area contributed by atoms with Crippen molar-refractivity contribution in [3.8, 4) is 0 Å². The molecule has 2 fully saturated rings. The Hall–Kier alpha value is -0.810. The van der Waals surface area contributed by atoms with E-state index in [9.17, 15) is 4.79 Å². The first-order chi connectivity index (χ1) is 11.1. The van der Waals surface area contributed by atoms with Gasteiger partial charge in [-0.3, -0.25) is 9.69 Å². The van der Waals surface area contributed by atoms with Gasteiger partial charge in [-0.2, -0.15) is 0 Å². The normalized spacial score (nSPS) is 28.6. The van der Waals surface area contributed by atoms with E-state index in [0.29, 0.717) is 19.0 Å². The van der Waals surface area contributed by atoms with Gasteiger partial charge in [-0.05, 0) is 43.4 Å². The average Bonchev–Trinajstić information content (AvgIpc) is 2.80. The van der Waals surface area contributed by atoms with Crippen LogP contribution in [0.4, 0.5) is 0 Å². The van der Waals surface area contributed by atoms with Crippen LogP contribution in [-0.4, -0.2) is 43.0 Å². The fraction of sp³-hybridized carbons (Fsp3) is 0.611. The van der Waals surface area contributed by atoms with E-state index in [1.54, 1.807) is 0 Å². The second-order valence-corrected chi connectivity index (χ2v) is 7.30. The van der Waals surface area contributed by atoms with E-state index in [1.807, 2.05) is 12.1 Å². The predicted octanol–water partition coefficient (Wildman–Crippen LogP) is 2.72. The number of carbonyl (C=O) groups is 1. The highest BCUT2D eigenvalue weighted by molar-refractivity contribution is 6.30. The molecule has 1 aliphatic heterocycles. The number of hydrogen-bond donors (Lipinski definition) is 2. The summed E-state index contributed by atoms with van der Waals surface area (Å²) in [5, 5.41) is 3.74. The van der Waals surface area contributed by atoms with Crippen LogP contribution in [-0.2, 0) is 10.2 Å². The van der Waals surface area contributed by atoms with Crippen molar-refractivity contribution < 1.29 is 4.79 Å². The minimum atomic E-state index is 0. The summed E-state index contributed by atoms with van der Waals surface area (Å²) in [4.78, 5) is 14.0. The van der Waals surface area contributed by atoms with E-state index in [1.165, 1.54) is 5.56 Å². The van der Waals surface area contributed by atoms with Crippen LogP contribution in [0, 0.1) is 0 Å². The molecule has 4 nitrogen and oxygen atoms in total. The molecule has 134 valence electrons. The molecule has 24 heavy (non-hydrogen) atoms. The molecule has 3 rings (SSSR count). The van der Waals surface area contributed by atoms with Gasteiger partial charge in [0.15, 0.2) is 0 Å². The lowest BCUT2D eigenvalue weighted by atomic mass is 9.68. The second kappa shape index (κ2) is 8.52. The summed E-state index contributed by atoms with van der Waals surface area (Å²) in [6.45, 7) is 3.28. The van der Waals surface area contributed by atoms with Crippen molar-refractivity contribution in [1.29, 1.82) is 0 Å². The minimum absolute atomic E-state index is 0. The standard InChI is InChI=1S/C18H26ClN3O.ClH/c19-15-3-1-2-14(12-15)18(13-20)7-4-16(5-8-18)22-10-6-17(23)21-9-11-22;/h1-3,12,16H,4-11,13,20H2,(H,21,23);1H/t16-,18-;. The maximum absolute atomic E-state index is 11.5. The number of nitrogens with two attached hydrogens (primary N) is 1. The number of nitrogens with zero attached hydrogens (tertiary/aromatic N) is 1. The lowest BCUT2D eigenvalue weighted by Crippen LogP contribution is -2.46. The van der Waals surface area contributed by atoms with Crippen molar-refractivity contribution in [2.45, 2.75) is 43.6 Å². The highest BCUT2D eigenvalue weighted by atomic mass is 35.5. The average molecular weight is 372 g/mol. The van der Waals surface area contributed by atoms with Gasteiger partial charge in [-0.1, -0.05) is 23.7 Å². The summed E-state index contributed by atoms with van der Waals surface area (Å²) in [7, 11) is 0. The van der Waals surface area contributed by atoms with Gasteiger partial charge >= 0.3 is 0 Å². The molecule has 0 atom stereocenters. The Kier molecular flexibility index (Phi) is 6.93. The molecule has 1 aromatic carbocycles. The SMILES string of the molecule is Cl.NC[C@]1(c2cccc(Cl)c2)CC[C@H](N2CCNC(=O)CC2)CC1. The van der Waals surface area contributed by atoms with Gasteiger partial charge in [0.2, 0.25) is 5.91 Å². The first kappa shape index (κ1) is 19.5. The Morgan fingerprint density at radius 1 is 1.29 bits per heavy atom. The molecule has 1 amide bonds. The molecule has 1 saturated heterocycles. The molecule has 6 heteroatoms. The van der Waals surface area contributed by atoms with Crippen LogP contribution in [0.5, 0.6) is 0 Å². The Morgan fingerprint density at radius 3 is 2.71 bits per heavy atom. The molecule has 2 aliphatic rings. The third kappa shape index (κ3) is 4.23. The molecule has 1 heterocycles. The Morgan fingerprint density at radius 2 is 2.04 bits per heavy atom. The summed E-state index contributed by atoms with van der Waals surface area (Å²) in [6, 6.07) is 8.74. The van der Waals surface area contributed by atoms with Crippen molar-refractivity contribution >= 4 is 29.9 Å². The molecule has 0 aromatic heterocycles. The van der Waals surface area contributed by atoms with Gasteiger partial charge in [-0.15, -0.1) is 12.4 Å². The van der Waals surface area contributed by atoms with E-state index in [4.69, 9.17) is 17.3 Å². The third-order valence-corrected chi connectivity index (χ3v) is 5.84. The minimum Gasteiger partial charge on any atom is -0.355 e. The van der Waals surface area contributed by atoms with Crippen LogP contribution in [0.3, 0.4) is 0 Å². The van der Waals surface area contributed by atoms with Crippen molar-refractivity contribution in [2.75, 3.05) is 26.2 Å². The predicted molar refractivity (Wildman–Crippen MR) is 101 cm³/mol. The van der Waals surface area contributed by atoms with E-state index < -0.39 is 0 Å². The van der Waals surface area contributed by atoms with Crippen LogP contribution < -0.4 is 11.1 Å². The first-order valence-electron chi connectivity index (χ1n) is 8.60. The smallest absolute Gasteiger partial charge is 0.221 e. The highest BCUT2D eigenvalue weighted by Gasteiger charge is 2.37. The summed E-state index contributed by atoms with van der Waals surface area (Å²) in [5.74, 6) is 0.179. The van der Waals surface area contributed by atoms with Gasteiger partial charge in [0.25, 0.3) is 0 Å². The molecule has 0 spiro atoms. The van der Waals surface area contributed by atoms with E-state index in [-0.39, 0.29) is 23.7 Å². The molecule has 1 aromatic rings. The number of hydrogen-bond acceptors (Lipinski definition) is 3. The monoisotopic (exact) mass is 371 g/mol. The molecule has 0 radical (unpaired) electrons. The number of halogens is 2. The van der Waals surface area contributed by atoms with Crippen LogP contribution >= 0.6 is 24.0 Å². The van der Waals surface area contributed by atoms with Gasteiger partial charge in [-0.25, -0.2) is 0 Å². The second-order valence-electron chi connectivity index (χ2n) is 6.86. The van der Waals surface area contributed by atoms with E-state index in [0.717, 1.165) is 50.3 Å². The largest absolute Gasteiger partial charge is 0.355 e. The molecular weight excluding hydrogens is 345 g/mol. The van der Waals surface area contributed by atoms with Gasteiger partial charge in [0, 0.05) is 49.1 Å². The van der Waals surface area contributed by atoms with E-state index in [2.05, 4.69) is 22.3 Å². The van der Waals surface area contributed by atoms with E-state index >= 15 is 0 Å². The zero-order valence-corrected chi connectivity index (χ0v) is 15.5. The fourth-order valence-electron chi connectivity index (χ4n) is 4.10. The Labute approximate surface area is 155 Å². The maximum atomic E-state index is 11.5. The number of rotatable bonds is 3. The molecule has 0 bridgehead atoms. The van der Waals surface area contributed by atoms with Crippen molar-refractivity contribution in [3.63, 3.8) is 0 Å². The van der Waals surface area contributed by atoms with Gasteiger partial charge < -0.3 is 11.1 Å². The third-order valence-electron chi connectivity index (χ3n) is 5.60. The fourth-order valence-corrected chi connectivity index (χ4v) is 4.29. The zero-order valence-electron chi connectivity index (χ0n) is 14.0. The van der Waals surface area contributed by atoms with Crippen LogP contribution in [0.25, 0.3) is 0 Å². The zero-order chi connectivity index (χ0) is 16.3. The lowest BCUT2D eigenvalue weighted by molar-refractivity contribution is -0.120. The number of carbonyl (C=O) groups excluding carboxylic acids is 1. The highest BCUT2D eigenvalue weighted by Crippen LogP contribution is 2.40. The number of nitrogens with one attached hydrogen (secondary N) is 1. The van der Waals surface area contributed by atoms with Crippen LogP contribution in [0.2, 0.25) is 5.02 Å². The number of amides is 1. The molecule has 3 N–H and O–H groups in total. The molecule has 1 saturated carbocycles. The topological polar surface area (TPSA) is 58.4 Å². The lowest BCUT2D eigenvalue weighted by Gasteiger charge is -2.43. The van der Waals surface area contributed by atoms with Crippen molar-refractivity contribution in [2.24, 2.45) is 5.73 Å². The first-order valence-corrected chi connectivity index (χ1v) is 8.98. The summed E-state index contributed by atoms with van der Waals surface area (Å²) < 4.78 is 0.